The van der Waals surface area contributed by atoms with Crippen LogP contribution in [0.1, 0.15) is 20.3 Å². The number of nitrogens with one attached hydrogen (secondary N) is 1. The van der Waals surface area contributed by atoms with Crippen molar-refractivity contribution >= 4 is 11.9 Å². The maximum Gasteiger partial charge on any atom is 0.334 e. The Morgan fingerprint density at radius 1 is 1.60 bits per heavy atom. The van der Waals surface area contributed by atoms with Gasteiger partial charge in [-0.2, -0.15) is 0 Å². The van der Waals surface area contributed by atoms with Crippen molar-refractivity contribution in [1.82, 2.24) is 5.32 Å². The summed E-state index contributed by atoms with van der Waals surface area (Å²) in [6.45, 7) is 3.28. The first-order valence-corrected chi connectivity index (χ1v) is 4.68. The second-order valence-corrected chi connectivity index (χ2v) is 3.54. The standard InChI is InChI=1S/C9H18N2O4/c1-4-9(2,10)8(14)11-5-6(15-3)7(12)13/h6H,4-5,10H2,1-3H3,(H,11,14)(H,12,13). The number of hydrogen-bond donors (Lipinski definition) is 3. The second kappa shape index (κ2) is 5.67. The van der Waals surface area contributed by atoms with Crippen molar-refractivity contribution in [2.24, 2.45) is 5.73 Å². The first-order valence-electron chi connectivity index (χ1n) is 4.68. The second-order valence-electron chi connectivity index (χ2n) is 3.54. The lowest BCUT2D eigenvalue weighted by Crippen LogP contribution is -2.53. The molecule has 1 amide bonds. The van der Waals surface area contributed by atoms with Crippen molar-refractivity contribution in [2.45, 2.75) is 31.9 Å². The number of carboxylic acid groups (broad SMARTS) is 1. The van der Waals surface area contributed by atoms with Crippen molar-refractivity contribution in [1.29, 1.82) is 0 Å². The molecule has 6 nitrogen and oxygen atoms in total. The predicted octanol–water partition coefficient (Wildman–Crippen LogP) is -0.670. The molecule has 0 aliphatic carbocycles. The molecule has 4 N–H and O–H groups in total. The fourth-order valence-corrected chi connectivity index (χ4v) is 0.819. The zero-order valence-electron chi connectivity index (χ0n) is 9.24. The fraction of sp³-hybridized carbons (Fsp3) is 0.778. The zero-order valence-corrected chi connectivity index (χ0v) is 9.24. The van der Waals surface area contributed by atoms with Gasteiger partial charge in [0.1, 0.15) is 0 Å². The number of carbonyl (C=O) groups excluding carboxylic acids is 1. The van der Waals surface area contributed by atoms with Gasteiger partial charge in [-0.1, -0.05) is 6.92 Å². The third-order valence-corrected chi connectivity index (χ3v) is 2.26. The highest BCUT2D eigenvalue weighted by Crippen LogP contribution is 2.04. The molecule has 0 radical (unpaired) electrons. The van der Waals surface area contributed by atoms with Crippen LogP contribution in [0.25, 0.3) is 0 Å². The quantitative estimate of drug-likeness (QED) is 0.548. The first kappa shape index (κ1) is 13.9. The van der Waals surface area contributed by atoms with Gasteiger partial charge in [-0.05, 0) is 13.3 Å². The molecule has 0 aromatic heterocycles. The summed E-state index contributed by atoms with van der Waals surface area (Å²) in [7, 11) is 1.27. The average Bonchev–Trinajstić information content (AvgIpc) is 2.17. The van der Waals surface area contributed by atoms with Crippen molar-refractivity contribution in [2.75, 3.05) is 13.7 Å². The molecule has 0 aliphatic heterocycles. The Bertz CT molecular complexity index is 240. The molecule has 0 aromatic carbocycles. The molecule has 2 unspecified atom stereocenters. The van der Waals surface area contributed by atoms with Crippen molar-refractivity contribution in [3.8, 4) is 0 Å². The molecule has 0 fully saturated rings. The monoisotopic (exact) mass is 218 g/mol. The van der Waals surface area contributed by atoms with Crippen LogP contribution in [-0.2, 0) is 14.3 Å². The van der Waals surface area contributed by atoms with E-state index in [4.69, 9.17) is 10.8 Å². The molecule has 15 heavy (non-hydrogen) atoms. The summed E-state index contributed by atoms with van der Waals surface area (Å²) < 4.78 is 4.65. The molecule has 88 valence electrons. The van der Waals surface area contributed by atoms with Gasteiger partial charge in [0, 0.05) is 7.11 Å². The highest BCUT2D eigenvalue weighted by molar-refractivity contribution is 5.86. The molecule has 0 rings (SSSR count). The van der Waals surface area contributed by atoms with E-state index in [1.165, 1.54) is 7.11 Å². The summed E-state index contributed by atoms with van der Waals surface area (Å²) in [6.07, 6.45) is -0.564. The van der Waals surface area contributed by atoms with Gasteiger partial charge >= 0.3 is 5.97 Å². The number of rotatable bonds is 6. The Labute approximate surface area is 88.8 Å². The number of nitrogens with two attached hydrogens (primary N) is 1. The number of carboxylic acids is 1. The van der Waals surface area contributed by atoms with Gasteiger partial charge in [-0.3, -0.25) is 4.79 Å². The van der Waals surface area contributed by atoms with Crippen LogP contribution in [0.4, 0.5) is 0 Å². The largest absolute Gasteiger partial charge is 0.479 e. The predicted molar refractivity (Wildman–Crippen MR) is 54.3 cm³/mol. The molecule has 0 saturated carbocycles. The van der Waals surface area contributed by atoms with E-state index in [0.717, 1.165) is 0 Å². The van der Waals surface area contributed by atoms with E-state index in [0.29, 0.717) is 6.42 Å². The summed E-state index contributed by atoms with van der Waals surface area (Å²) in [5, 5.41) is 11.1. The molecule has 0 heterocycles. The highest BCUT2D eigenvalue weighted by atomic mass is 16.5. The Kier molecular flexibility index (Phi) is 5.24. The van der Waals surface area contributed by atoms with Crippen molar-refractivity contribution < 1.29 is 19.4 Å². The summed E-state index contributed by atoms with van der Waals surface area (Å²) in [4.78, 5) is 22.0. The van der Waals surface area contributed by atoms with Crippen LogP contribution in [0, 0.1) is 0 Å². The van der Waals surface area contributed by atoms with Gasteiger partial charge in [-0.25, -0.2) is 4.79 Å². The number of amides is 1. The van der Waals surface area contributed by atoms with Crippen LogP contribution >= 0.6 is 0 Å². The Hall–Kier alpha value is -1.14. The van der Waals surface area contributed by atoms with Gasteiger partial charge in [0.05, 0.1) is 12.1 Å². The van der Waals surface area contributed by atoms with E-state index in [1.54, 1.807) is 13.8 Å². The average molecular weight is 218 g/mol. The molecule has 2 atom stereocenters. The molecule has 0 aliphatic rings. The lowest BCUT2D eigenvalue weighted by molar-refractivity contribution is -0.148. The zero-order chi connectivity index (χ0) is 12.1. The molecule has 0 bridgehead atoms. The summed E-state index contributed by atoms with van der Waals surface area (Å²) in [5.74, 6) is -1.50. The lowest BCUT2D eigenvalue weighted by atomic mass is 9.99. The molecular formula is C9H18N2O4. The van der Waals surface area contributed by atoms with E-state index in [2.05, 4.69) is 10.1 Å². The van der Waals surface area contributed by atoms with Gasteiger partial charge < -0.3 is 20.9 Å². The number of ether oxygens (including phenoxy) is 1. The topological polar surface area (TPSA) is 102 Å². The lowest BCUT2D eigenvalue weighted by Gasteiger charge is -2.22. The van der Waals surface area contributed by atoms with E-state index in [1.807, 2.05) is 0 Å². The van der Waals surface area contributed by atoms with Gasteiger partial charge in [0.2, 0.25) is 5.91 Å². The minimum atomic E-state index is -1.12. The minimum absolute atomic E-state index is 0.0859. The van der Waals surface area contributed by atoms with Crippen LogP contribution in [0.3, 0.4) is 0 Å². The maximum absolute atomic E-state index is 11.5. The first-order chi connectivity index (χ1) is 6.85. The van der Waals surface area contributed by atoms with Crippen LogP contribution < -0.4 is 11.1 Å². The Morgan fingerprint density at radius 2 is 2.13 bits per heavy atom. The van der Waals surface area contributed by atoms with E-state index in [-0.39, 0.29) is 12.5 Å². The molecular weight excluding hydrogens is 200 g/mol. The number of carbonyl (C=O) groups is 2. The SMILES string of the molecule is CCC(C)(N)C(=O)NCC(OC)C(=O)O. The number of aliphatic carboxylic acids is 1. The number of methoxy groups -OCH3 is 1. The van der Waals surface area contributed by atoms with Crippen LogP contribution in [-0.4, -0.2) is 42.3 Å². The van der Waals surface area contributed by atoms with Crippen molar-refractivity contribution in [3.63, 3.8) is 0 Å². The van der Waals surface area contributed by atoms with Gasteiger partial charge in [-0.15, -0.1) is 0 Å². The maximum atomic E-state index is 11.5. The summed E-state index contributed by atoms with van der Waals surface area (Å²) in [5.41, 5.74) is 4.69. The van der Waals surface area contributed by atoms with Gasteiger partial charge in [0.15, 0.2) is 6.10 Å². The molecule has 0 aromatic rings. The van der Waals surface area contributed by atoms with Crippen molar-refractivity contribution in [3.05, 3.63) is 0 Å². The molecule has 0 saturated heterocycles. The van der Waals surface area contributed by atoms with Crippen LogP contribution in [0.5, 0.6) is 0 Å². The summed E-state index contributed by atoms with van der Waals surface area (Å²) in [6, 6.07) is 0. The van der Waals surface area contributed by atoms with Gasteiger partial charge in [0.25, 0.3) is 0 Å². The minimum Gasteiger partial charge on any atom is -0.479 e. The summed E-state index contributed by atoms with van der Waals surface area (Å²) >= 11 is 0. The van der Waals surface area contributed by atoms with Crippen LogP contribution in [0.2, 0.25) is 0 Å². The van der Waals surface area contributed by atoms with E-state index in [9.17, 15) is 9.59 Å². The van der Waals surface area contributed by atoms with E-state index < -0.39 is 17.6 Å². The smallest absolute Gasteiger partial charge is 0.334 e. The third-order valence-electron chi connectivity index (χ3n) is 2.26. The normalized spacial score (nSPS) is 16.5. The Balaban J connectivity index is 4.16. The Morgan fingerprint density at radius 3 is 2.47 bits per heavy atom. The molecule has 6 heteroatoms. The molecule has 0 spiro atoms. The number of hydrogen-bond acceptors (Lipinski definition) is 4. The fourth-order valence-electron chi connectivity index (χ4n) is 0.819. The highest BCUT2D eigenvalue weighted by Gasteiger charge is 2.27. The third kappa shape index (κ3) is 4.26. The van der Waals surface area contributed by atoms with Crippen LogP contribution in [0.15, 0.2) is 0 Å². The van der Waals surface area contributed by atoms with E-state index >= 15 is 0 Å².